The van der Waals surface area contributed by atoms with Gasteiger partial charge in [-0.05, 0) is 23.5 Å². The predicted molar refractivity (Wildman–Crippen MR) is 116 cm³/mol. The van der Waals surface area contributed by atoms with Crippen molar-refractivity contribution >= 4 is 18.0 Å². The summed E-state index contributed by atoms with van der Waals surface area (Å²) in [5, 5.41) is 22.8. The first-order valence-corrected chi connectivity index (χ1v) is 10.1. The molecule has 2 rings (SSSR count). The third kappa shape index (κ3) is 8.10. The van der Waals surface area contributed by atoms with E-state index in [1.165, 1.54) is 0 Å². The highest BCUT2D eigenvalue weighted by Crippen LogP contribution is 2.10. The average Bonchev–Trinajstić information content (AvgIpc) is 2.73. The number of hydrogen-bond donors (Lipinski definition) is 4. The maximum absolute atomic E-state index is 13.0. The highest BCUT2D eigenvalue weighted by molar-refractivity contribution is 5.83. The van der Waals surface area contributed by atoms with E-state index in [-0.39, 0.29) is 25.3 Å². The van der Waals surface area contributed by atoms with Crippen LogP contribution in [0.2, 0.25) is 0 Å². The molecule has 0 saturated heterocycles. The second-order valence-corrected chi connectivity index (χ2v) is 7.75. The zero-order chi connectivity index (χ0) is 22.8. The Balaban J connectivity index is 2.22. The molecule has 0 saturated carbocycles. The van der Waals surface area contributed by atoms with E-state index in [0.717, 1.165) is 16.1 Å². The van der Waals surface area contributed by atoms with Gasteiger partial charge in [-0.15, -0.1) is 0 Å². The summed E-state index contributed by atoms with van der Waals surface area (Å²) < 4.78 is 0. The molecule has 8 heteroatoms. The minimum Gasteiger partial charge on any atom is -0.480 e. The van der Waals surface area contributed by atoms with Gasteiger partial charge in [-0.25, -0.2) is 15.0 Å². The molecule has 0 bridgehead atoms. The molecule has 0 fully saturated rings. The van der Waals surface area contributed by atoms with Crippen LogP contribution in [-0.2, 0) is 22.6 Å². The van der Waals surface area contributed by atoms with E-state index in [1.807, 2.05) is 62.4 Å². The number of nitrogens with zero attached hydrogens (tertiary/aromatic N) is 1. The minimum atomic E-state index is -1.14. The van der Waals surface area contributed by atoms with Crippen molar-refractivity contribution in [2.75, 3.05) is 0 Å². The van der Waals surface area contributed by atoms with Crippen molar-refractivity contribution in [2.45, 2.75) is 45.3 Å². The zero-order valence-electron chi connectivity index (χ0n) is 17.7. The van der Waals surface area contributed by atoms with Gasteiger partial charge in [0.05, 0.1) is 6.54 Å². The number of amides is 2. The number of urea groups is 1. The number of rotatable bonds is 11. The lowest BCUT2D eigenvalue weighted by Gasteiger charge is -2.29. The van der Waals surface area contributed by atoms with Crippen molar-refractivity contribution in [1.82, 2.24) is 15.8 Å². The molecular formula is C23H29N3O5. The van der Waals surface area contributed by atoms with Crippen LogP contribution in [0.25, 0.3) is 0 Å². The van der Waals surface area contributed by atoms with E-state index in [2.05, 4.69) is 10.7 Å². The van der Waals surface area contributed by atoms with Gasteiger partial charge in [0.2, 0.25) is 0 Å². The smallest absolute Gasteiger partial charge is 0.332 e. The van der Waals surface area contributed by atoms with Gasteiger partial charge in [-0.3, -0.25) is 9.80 Å². The van der Waals surface area contributed by atoms with Crippen LogP contribution < -0.4 is 10.7 Å². The van der Waals surface area contributed by atoms with Crippen molar-refractivity contribution in [3.05, 3.63) is 71.8 Å². The number of aliphatic carboxylic acids is 2. The first kappa shape index (κ1) is 23.9. The minimum absolute atomic E-state index is 0.0572. The number of benzene rings is 2. The fraction of sp³-hybridized carbons (Fsp3) is 0.348. The van der Waals surface area contributed by atoms with E-state index in [9.17, 15) is 24.6 Å². The Morgan fingerprint density at radius 2 is 1.35 bits per heavy atom. The first-order chi connectivity index (χ1) is 14.8. The summed E-state index contributed by atoms with van der Waals surface area (Å²) in [7, 11) is 0. The van der Waals surface area contributed by atoms with E-state index >= 15 is 0 Å². The summed E-state index contributed by atoms with van der Waals surface area (Å²) in [6, 6.07) is 15.3. The molecule has 2 aromatic carbocycles. The quantitative estimate of drug-likeness (QED) is 0.410. The van der Waals surface area contributed by atoms with Gasteiger partial charge >= 0.3 is 18.0 Å². The fourth-order valence-electron chi connectivity index (χ4n) is 3.09. The molecule has 2 amide bonds. The highest BCUT2D eigenvalue weighted by atomic mass is 16.4. The maximum atomic E-state index is 13.0. The topological polar surface area (TPSA) is 119 Å². The summed E-state index contributed by atoms with van der Waals surface area (Å²) in [6.45, 7) is 3.80. The lowest BCUT2D eigenvalue weighted by atomic mass is 10.0. The molecular weight excluding hydrogens is 398 g/mol. The number of nitrogens with one attached hydrogen (secondary N) is 2. The Labute approximate surface area is 181 Å². The summed E-state index contributed by atoms with van der Waals surface area (Å²) in [5.74, 6) is -2.20. The monoisotopic (exact) mass is 427 g/mol. The van der Waals surface area contributed by atoms with Gasteiger partial charge < -0.3 is 15.5 Å². The Bertz CT molecular complexity index is 858. The van der Waals surface area contributed by atoms with Crippen molar-refractivity contribution in [1.29, 1.82) is 0 Å². The van der Waals surface area contributed by atoms with Crippen molar-refractivity contribution < 1.29 is 24.6 Å². The first-order valence-electron chi connectivity index (χ1n) is 10.1. The number of hydrazine groups is 1. The van der Waals surface area contributed by atoms with Crippen LogP contribution in [0, 0.1) is 5.92 Å². The molecule has 2 atom stereocenters. The molecule has 166 valence electrons. The average molecular weight is 428 g/mol. The lowest BCUT2D eigenvalue weighted by molar-refractivity contribution is -0.141. The normalized spacial score (nSPS) is 12.7. The van der Waals surface area contributed by atoms with Crippen LogP contribution in [0.4, 0.5) is 4.79 Å². The lowest BCUT2D eigenvalue weighted by Crippen LogP contribution is -2.57. The molecule has 4 N–H and O–H groups in total. The van der Waals surface area contributed by atoms with Crippen LogP contribution >= 0.6 is 0 Å². The third-order valence-electron chi connectivity index (χ3n) is 4.62. The van der Waals surface area contributed by atoms with Crippen LogP contribution in [-0.4, -0.2) is 45.3 Å². The molecule has 8 nitrogen and oxygen atoms in total. The van der Waals surface area contributed by atoms with Crippen LogP contribution in [0.5, 0.6) is 0 Å². The summed E-state index contributed by atoms with van der Waals surface area (Å²) >= 11 is 0. The SMILES string of the molecule is CC(C)C[C@H](NC(=O)N(Cc1ccccc1)NC(Cc1ccccc1)C(=O)O)C(=O)O. The maximum Gasteiger partial charge on any atom is 0.332 e. The summed E-state index contributed by atoms with van der Waals surface area (Å²) in [4.78, 5) is 36.4. The van der Waals surface area contributed by atoms with Gasteiger partial charge in [0, 0.05) is 6.42 Å². The number of carbonyl (C=O) groups is 3. The zero-order valence-corrected chi connectivity index (χ0v) is 17.7. The molecule has 0 aliphatic rings. The second-order valence-electron chi connectivity index (χ2n) is 7.75. The molecule has 1 unspecified atom stereocenters. The molecule has 0 aliphatic heterocycles. The third-order valence-corrected chi connectivity index (χ3v) is 4.62. The van der Waals surface area contributed by atoms with Gasteiger partial charge in [0.25, 0.3) is 0 Å². The highest BCUT2D eigenvalue weighted by Gasteiger charge is 2.28. The van der Waals surface area contributed by atoms with Gasteiger partial charge in [0.1, 0.15) is 12.1 Å². The number of hydrogen-bond acceptors (Lipinski definition) is 4. The molecule has 31 heavy (non-hydrogen) atoms. The van der Waals surface area contributed by atoms with Gasteiger partial charge in [-0.1, -0.05) is 74.5 Å². The Morgan fingerprint density at radius 1 is 0.839 bits per heavy atom. The second kappa shape index (κ2) is 11.7. The Kier molecular flexibility index (Phi) is 9.02. The van der Waals surface area contributed by atoms with Crippen LogP contribution in [0.1, 0.15) is 31.4 Å². The largest absolute Gasteiger partial charge is 0.480 e. The predicted octanol–water partition coefficient (Wildman–Crippen LogP) is 2.90. The number of carboxylic acid groups (broad SMARTS) is 2. The number of carbonyl (C=O) groups excluding carboxylic acids is 1. The molecule has 0 radical (unpaired) electrons. The summed E-state index contributed by atoms with van der Waals surface area (Å²) in [5.41, 5.74) is 4.34. The number of carboxylic acids is 2. The molecule has 0 aliphatic carbocycles. The molecule has 0 aromatic heterocycles. The van der Waals surface area contributed by atoms with Crippen LogP contribution in [0.15, 0.2) is 60.7 Å². The van der Waals surface area contributed by atoms with Crippen molar-refractivity contribution in [3.63, 3.8) is 0 Å². The van der Waals surface area contributed by atoms with E-state index < -0.39 is 30.1 Å². The van der Waals surface area contributed by atoms with Crippen molar-refractivity contribution in [3.8, 4) is 0 Å². The molecule has 0 heterocycles. The van der Waals surface area contributed by atoms with Gasteiger partial charge in [-0.2, -0.15) is 0 Å². The van der Waals surface area contributed by atoms with E-state index in [4.69, 9.17) is 0 Å². The van der Waals surface area contributed by atoms with E-state index in [1.54, 1.807) is 12.1 Å². The Morgan fingerprint density at radius 3 is 1.84 bits per heavy atom. The fourth-order valence-corrected chi connectivity index (χ4v) is 3.09. The van der Waals surface area contributed by atoms with Gasteiger partial charge in [0.15, 0.2) is 0 Å². The van der Waals surface area contributed by atoms with E-state index in [0.29, 0.717) is 0 Å². The molecule has 0 spiro atoms. The van der Waals surface area contributed by atoms with Crippen molar-refractivity contribution in [2.24, 2.45) is 5.92 Å². The molecule has 2 aromatic rings. The standard InChI is InChI=1S/C23H29N3O5/c1-16(2)13-19(21(27)28)24-23(31)26(15-18-11-7-4-8-12-18)25-20(22(29)30)14-17-9-5-3-6-10-17/h3-12,16,19-20,25H,13-15H2,1-2H3,(H,24,31)(H,27,28)(H,29,30)/t19-,20?/m0/s1. The summed E-state index contributed by atoms with van der Waals surface area (Å²) in [6.07, 6.45) is 0.412. The Hall–Kier alpha value is -3.39. The van der Waals surface area contributed by atoms with Crippen LogP contribution in [0.3, 0.4) is 0 Å².